The molecule has 2 aliphatic heterocycles. The van der Waals surface area contributed by atoms with Crippen LogP contribution in [-0.2, 0) is 4.79 Å². The van der Waals surface area contributed by atoms with Crippen molar-refractivity contribution in [3.8, 4) is 23.0 Å². The van der Waals surface area contributed by atoms with Crippen molar-refractivity contribution in [1.82, 2.24) is 9.91 Å². The Labute approximate surface area is 219 Å². The maximum atomic E-state index is 14.2. The number of ether oxygens (including phenoxy) is 4. The summed E-state index contributed by atoms with van der Waals surface area (Å²) in [5.74, 6) is 0.697. The van der Waals surface area contributed by atoms with Crippen molar-refractivity contribution in [3.05, 3.63) is 83.2 Å². The highest BCUT2D eigenvalue weighted by molar-refractivity contribution is 6.05. The molecule has 1 unspecified atom stereocenters. The van der Waals surface area contributed by atoms with Crippen LogP contribution < -0.4 is 18.9 Å². The van der Waals surface area contributed by atoms with E-state index in [0.717, 1.165) is 5.56 Å². The summed E-state index contributed by atoms with van der Waals surface area (Å²) in [6, 6.07) is 16.0. The van der Waals surface area contributed by atoms with Crippen molar-refractivity contribution in [2.75, 3.05) is 34.6 Å². The van der Waals surface area contributed by atoms with Gasteiger partial charge >= 0.3 is 0 Å². The van der Waals surface area contributed by atoms with E-state index in [4.69, 9.17) is 18.9 Å². The number of likely N-dealkylation sites (N-methyl/N-ethyl adjacent to an activating group) is 1. The molecule has 5 rings (SSSR count). The third-order valence-electron chi connectivity index (χ3n) is 6.49. The van der Waals surface area contributed by atoms with E-state index in [1.807, 2.05) is 18.2 Å². The van der Waals surface area contributed by atoms with Gasteiger partial charge in [0.2, 0.25) is 6.79 Å². The van der Waals surface area contributed by atoms with Gasteiger partial charge in [-0.05, 0) is 42.0 Å². The molecule has 0 saturated carbocycles. The first-order valence-corrected chi connectivity index (χ1v) is 11.9. The van der Waals surface area contributed by atoms with Gasteiger partial charge in [0.25, 0.3) is 11.8 Å². The molecule has 0 bridgehead atoms. The number of amides is 2. The lowest BCUT2D eigenvalue weighted by molar-refractivity contribution is -0.133. The Hall–Kier alpha value is -4.60. The number of hydrogen-bond donors (Lipinski definition) is 0. The zero-order chi connectivity index (χ0) is 26.8. The fourth-order valence-corrected chi connectivity index (χ4v) is 4.51. The summed E-state index contributed by atoms with van der Waals surface area (Å²) in [7, 11) is 4.57. The molecule has 9 nitrogen and oxygen atoms in total. The van der Waals surface area contributed by atoms with Crippen LogP contribution >= 0.6 is 0 Å². The maximum Gasteiger partial charge on any atom is 0.262 e. The minimum atomic E-state index is -0.650. The molecular formula is C28H26FN3O6. The molecule has 0 spiro atoms. The highest BCUT2D eigenvalue weighted by Crippen LogP contribution is 2.40. The van der Waals surface area contributed by atoms with Gasteiger partial charge in [0, 0.05) is 25.1 Å². The van der Waals surface area contributed by atoms with Crippen molar-refractivity contribution in [2.24, 2.45) is 5.10 Å². The van der Waals surface area contributed by atoms with Crippen LogP contribution in [0.2, 0.25) is 0 Å². The van der Waals surface area contributed by atoms with E-state index in [9.17, 15) is 14.0 Å². The van der Waals surface area contributed by atoms with E-state index in [1.54, 1.807) is 38.5 Å². The van der Waals surface area contributed by atoms with Gasteiger partial charge in [-0.1, -0.05) is 18.2 Å². The molecular weight excluding hydrogens is 493 g/mol. The van der Waals surface area contributed by atoms with Crippen molar-refractivity contribution >= 4 is 17.5 Å². The molecule has 0 N–H and O–H groups in total. The Morgan fingerprint density at radius 2 is 1.84 bits per heavy atom. The number of fused-ring (bicyclic) bond motifs is 1. The van der Waals surface area contributed by atoms with Crippen LogP contribution in [0.5, 0.6) is 23.0 Å². The predicted molar refractivity (Wildman–Crippen MR) is 136 cm³/mol. The Bertz CT molecular complexity index is 1430. The number of nitrogens with zero attached hydrogens (tertiary/aromatic N) is 3. The maximum absolute atomic E-state index is 14.2. The molecule has 2 aliphatic rings. The molecule has 1 atom stereocenters. The zero-order valence-corrected chi connectivity index (χ0v) is 21.1. The molecule has 2 heterocycles. The van der Waals surface area contributed by atoms with E-state index < -0.39 is 23.7 Å². The van der Waals surface area contributed by atoms with Gasteiger partial charge in [-0.3, -0.25) is 9.59 Å². The summed E-state index contributed by atoms with van der Waals surface area (Å²) in [6.07, 6.45) is 0.388. The second-order valence-corrected chi connectivity index (χ2v) is 8.82. The van der Waals surface area contributed by atoms with E-state index in [-0.39, 0.29) is 18.9 Å². The van der Waals surface area contributed by atoms with Gasteiger partial charge < -0.3 is 23.8 Å². The van der Waals surface area contributed by atoms with Crippen LogP contribution in [0.4, 0.5) is 4.39 Å². The van der Waals surface area contributed by atoms with Gasteiger partial charge in [0.1, 0.15) is 23.9 Å². The van der Waals surface area contributed by atoms with Gasteiger partial charge in [0.05, 0.1) is 31.5 Å². The molecule has 2 amide bonds. The van der Waals surface area contributed by atoms with Crippen LogP contribution in [0.3, 0.4) is 0 Å². The SMILES string of the molecule is COc1ccc(C2=NN(C(=O)CN(C)C(=O)c3ccccc3F)C(c3ccc4c(c3)OCO4)C2)c(OC)c1. The van der Waals surface area contributed by atoms with Crippen molar-refractivity contribution < 1.29 is 32.9 Å². The Kier molecular flexibility index (Phi) is 6.87. The normalized spacial score (nSPS) is 15.7. The Morgan fingerprint density at radius 1 is 1.05 bits per heavy atom. The summed E-state index contributed by atoms with van der Waals surface area (Å²) >= 11 is 0. The van der Waals surface area contributed by atoms with Crippen molar-refractivity contribution in [1.29, 1.82) is 0 Å². The molecule has 3 aromatic carbocycles. The summed E-state index contributed by atoms with van der Waals surface area (Å²) < 4.78 is 36.0. The third kappa shape index (κ3) is 4.72. The zero-order valence-electron chi connectivity index (χ0n) is 21.1. The number of carbonyl (C=O) groups is 2. The van der Waals surface area contributed by atoms with Crippen LogP contribution in [0, 0.1) is 5.82 Å². The summed E-state index contributed by atoms with van der Waals surface area (Å²) in [4.78, 5) is 27.6. The van der Waals surface area contributed by atoms with E-state index in [0.29, 0.717) is 40.7 Å². The highest BCUT2D eigenvalue weighted by Gasteiger charge is 2.36. The molecule has 0 saturated heterocycles. The molecule has 0 fully saturated rings. The molecule has 3 aromatic rings. The van der Waals surface area contributed by atoms with Crippen LogP contribution in [0.15, 0.2) is 65.8 Å². The largest absolute Gasteiger partial charge is 0.497 e. The van der Waals surface area contributed by atoms with Crippen molar-refractivity contribution in [2.45, 2.75) is 12.5 Å². The molecule has 0 aliphatic carbocycles. The number of hydrogen-bond acceptors (Lipinski definition) is 7. The summed E-state index contributed by atoms with van der Waals surface area (Å²) in [6.45, 7) is -0.176. The average molecular weight is 520 g/mol. The quantitative estimate of drug-likeness (QED) is 0.469. The van der Waals surface area contributed by atoms with Crippen LogP contribution in [0.25, 0.3) is 0 Å². The Morgan fingerprint density at radius 3 is 2.61 bits per heavy atom. The molecule has 38 heavy (non-hydrogen) atoms. The molecule has 0 aromatic heterocycles. The number of benzene rings is 3. The first-order valence-electron chi connectivity index (χ1n) is 11.9. The Balaban J connectivity index is 1.46. The lowest BCUT2D eigenvalue weighted by Crippen LogP contribution is -2.39. The van der Waals surface area contributed by atoms with Crippen molar-refractivity contribution in [3.63, 3.8) is 0 Å². The lowest BCUT2D eigenvalue weighted by atomic mass is 9.97. The third-order valence-corrected chi connectivity index (χ3v) is 6.49. The molecule has 10 heteroatoms. The second kappa shape index (κ2) is 10.4. The van der Waals surface area contributed by atoms with E-state index >= 15 is 0 Å². The van der Waals surface area contributed by atoms with Crippen LogP contribution in [-0.4, -0.2) is 62.0 Å². The van der Waals surface area contributed by atoms with E-state index in [1.165, 1.54) is 35.2 Å². The number of halogens is 1. The smallest absolute Gasteiger partial charge is 0.262 e. The monoisotopic (exact) mass is 519 g/mol. The standard InChI is InChI=1S/C28H26FN3O6/c1-31(28(34)19-6-4-5-7-21(19)29)15-27(33)32-23(17-8-11-24-26(12-17)38-16-37-24)14-22(30-32)20-10-9-18(35-2)13-25(20)36-3/h4-13,23H,14-16H2,1-3H3. The summed E-state index contributed by atoms with van der Waals surface area (Å²) in [5.41, 5.74) is 2.02. The fraction of sp³-hybridized carbons (Fsp3) is 0.250. The number of hydrazone groups is 1. The topological polar surface area (TPSA) is 89.9 Å². The molecule has 196 valence electrons. The first kappa shape index (κ1) is 25.1. The van der Waals surface area contributed by atoms with Gasteiger partial charge in [-0.2, -0.15) is 5.10 Å². The van der Waals surface area contributed by atoms with Gasteiger partial charge in [-0.25, -0.2) is 9.40 Å². The predicted octanol–water partition coefficient (Wildman–Crippen LogP) is 4.02. The lowest BCUT2D eigenvalue weighted by Gasteiger charge is -2.25. The van der Waals surface area contributed by atoms with E-state index in [2.05, 4.69) is 5.10 Å². The number of rotatable bonds is 7. The van der Waals surface area contributed by atoms with Gasteiger partial charge in [-0.15, -0.1) is 0 Å². The molecule has 0 radical (unpaired) electrons. The number of carbonyl (C=O) groups excluding carboxylic acids is 2. The average Bonchev–Trinajstić information content (AvgIpc) is 3.59. The fourth-order valence-electron chi connectivity index (χ4n) is 4.51. The summed E-state index contributed by atoms with van der Waals surface area (Å²) in [5, 5.41) is 6.03. The minimum Gasteiger partial charge on any atom is -0.497 e. The second-order valence-electron chi connectivity index (χ2n) is 8.82. The first-order chi connectivity index (χ1) is 18.4. The van der Waals surface area contributed by atoms with Gasteiger partial charge in [0.15, 0.2) is 11.5 Å². The van der Waals surface area contributed by atoms with Crippen LogP contribution in [0.1, 0.15) is 33.9 Å². The number of methoxy groups -OCH3 is 2. The minimum absolute atomic E-state index is 0.108. The highest BCUT2D eigenvalue weighted by atomic mass is 19.1.